The first-order valence-corrected chi connectivity index (χ1v) is 14.4. The van der Waals surface area contributed by atoms with Gasteiger partial charge in [0, 0.05) is 36.1 Å². The summed E-state index contributed by atoms with van der Waals surface area (Å²) in [5.41, 5.74) is 4.20. The third-order valence-electron chi connectivity index (χ3n) is 7.03. The van der Waals surface area contributed by atoms with Gasteiger partial charge >= 0.3 is 0 Å². The fraction of sp³-hybridized carbons (Fsp3) is 0.538. The highest BCUT2D eigenvalue weighted by Crippen LogP contribution is 2.53. The lowest BCUT2D eigenvalue weighted by Gasteiger charge is -2.50. The molecule has 1 heterocycles. The van der Waals surface area contributed by atoms with E-state index in [2.05, 4.69) is 45.7 Å². The van der Waals surface area contributed by atoms with Crippen molar-refractivity contribution in [2.75, 3.05) is 38.5 Å². The predicted molar refractivity (Wildman–Crippen MR) is 138 cm³/mol. The molecule has 8 heteroatoms. The van der Waals surface area contributed by atoms with E-state index in [9.17, 15) is 8.42 Å². The predicted octanol–water partition coefficient (Wildman–Crippen LogP) is 3.95. The van der Waals surface area contributed by atoms with Gasteiger partial charge in [-0.3, -0.25) is 0 Å². The normalized spacial score (nSPS) is 19.3. The number of sulfonamides is 1. The standard InChI is InChI=1S/C26H36ClN3O3S/c1-2-18-34(31,32)30-15-14-28-16-17-33-23-9-4-20-10-13-29-25(24(20)19-23)26(11-3-12-26)21-5-7-22(27)8-6-21/h4-9,19,25,28-30H,2-3,10-18H2,1H3. The van der Waals surface area contributed by atoms with Gasteiger partial charge in [0.05, 0.1) is 5.75 Å². The van der Waals surface area contributed by atoms with E-state index in [4.69, 9.17) is 16.3 Å². The lowest BCUT2D eigenvalue weighted by molar-refractivity contribution is 0.164. The number of hydrogen-bond donors (Lipinski definition) is 3. The van der Waals surface area contributed by atoms with Crippen molar-refractivity contribution in [2.45, 2.75) is 50.5 Å². The third kappa shape index (κ3) is 5.94. The number of hydrogen-bond acceptors (Lipinski definition) is 5. The third-order valence-corrected chi connectivity index (χ3v) is 8.87. The summed E-state index contributed by atoms with van der Waals surface area (Å²) < 4.78 is 32.0. The van der Waals surface area contributed by atoms with Gasteiger partial charge in [0.25, 0.3) is 0 Å². The van der Waals surface area contributed by atoms with Crippen LogP contribution in [0.5, 0.6) is 5.75 Å². The van der Waals surface area contributed by atoms with Gasteiger partial charge < -0.3 is 15.4 Å². The summed E-state index contributed by atoms with van der Waals surface area (Å²) in [4.78, 5) is 0. The minimum Gasteiger partial charge on any atom is -0.492 e. The molecule has 2 aromatic carbocycles. The molecule has 34 heavy (non-hydrogen) atoms. The Morgan fingerprint density at radius 1 is 1.12 bits per heavy atom. The molecule has 0 spiro atoms. The molecule has 0 bridgehead atoms. The summed E-state index contributed by atoms with van der Waals surface area (Å²) in [6.07, 6.45) is 5.23. The molecule has 1 unspecified atom stereocenters. The van der Waals surface area contributed by atoms with E-state index in [0.29, 0.717) is 32.7 Å². The van der Waals surface area contributed by atoms with Crippen molar-refractivity contribution in [3.8, 4) is 5.75 Å². The van der Waals surface area contributed by atoms with E-state index in [1.54, 1.807) is 0 Å². The summed E-state index contributed by atoms with van der Waals surface area (Å²) >= 11 is 6.16. The number of fused-ring (bicyclic) bond motifs is 1. The summed E-state index contributed by atoms with van der Waals surface area (Å²) in [5, 5.41) is 7.82. The minimum atomic E-state index is -3.15. The molecular formula is C26H36ClN3O3S. The average Bonchev–Trinajstić information content (AvgIpc) is 2.79. The molecule has 1 aliphatic carbocycles. The van der Waals surface area contributed by atoms with Gasteiger partial charge in [0.15, 0.2) is 0 Å². The molecule has 0 amide bonds. The van der Waals surface area contributed by atoms with Crippen LogP contribution in [0.2, 0.25) is 5.02 Å². The second kappa shape index (κ2) is 11.4. The van der Waals surface area contributed by atoms with Crippen LogP contribution in [0.3, 0.4) is 0 Å². The van der Waals surface area contributed by atoms with Crippen molar-refractivity contribution in [2.24, 2.45) is 0 Å². The zero-order chi connectivity index (χ0) is 24.0. The van der Waals surface area contributed by atoms with Gasteiger partial charge in [0.2, 0.25) is 10.0 Å². The Hall–Kier alpha value is -1.64. The fourth-order valence-corrected chi connectivity index (χ4v) is 6.42. The lowest BCUT2D eigenvalue weighted by Crippen LogP contribution is -2.49. The molecule has 3 N–H and O–H groups in total. The molecule has 1 aliphatic heterocycles. The Bertz CT molecular complexity index is 1060. The molecule has 186 valence electrons. The number of halogens is 1. The van der Waals surface area contributed by atoms with Crippen molar-refractivity contribution < 1.29 is 13.2 Å². The van der Waals surface area contributed by atoms with Crippen LogP contribution in [-0.4, -0.2) is 47.0 Å². The summed E-state index contributed by atoms with van der Waals surface area (Å²) in [6.45, 7) is 4.99. The molecule has 4 rings (SSSR count). The van der Waals surface area contributed by atoms with E-state index < -0.39 is 10.0 Å². The number of ether oxygens (including phenoxy) is 1. The minimum absolute atomic E-state index is 0.102. The van der Waals surface area contributed by atoms with E-state index in [-0.39, 0.29) is 17.2 Å². The number of benzene rings is 2. The average molecular weight is 506 g/mol. The van der Waals surface area contributed by atoms with Crippen molar-refractivity contribution in [3.05, 3.63) is 64.2 Å². The van der Waals surface area contributed by atoms with Crippen LogP contribution in [0, 0.1) is 0 Å². The molecule has 0 aromatic heterocycles. The molecule has 2 aromatic rings. The second-order valence-corrected chi connectivity index (χ2v) is 11.7. The van der Waals surface area contributed by atoms with Gasteiger partial charge in [-0.2, -0.15) is 0 Å². The first-order valence-electron chi connectivity index (χ1n) is 12.4. The van der Waals surface area contributed by atoms with E-state index >= 15 is 0 Å². The molecule has 1 atom stereocenters. The van der Waals surface area contributed by atoms with Crippen LogP contribution in [0.4, 0.5) is 0 Å². The maximum absolute atomic E-state index is 11.7. The lowest BCUT2D eigenvalue weighted by atomic mass is 9.58. The van der Waals surface area contributed by atoms with Gasteiger partial charge in [0.1, 0.15) is 12.4 Å². The van der Waals surface area contributed by atoms with Crippen LogP contribution >= 0.6 is 11.6 Å². The summed E-state index contributed by atoms with van der Waals surface area (Å²) in [6, 6.07) is 15.1. The zero-order valence-electron chi connectivity index (χ0n) is 19.9. The molecule has 1 fully saturated rings. The van der Waals surface area contributed by atoms with Crippen molar-refractivity contribution in [1.29, 1.82) is 0 Å². The number of nitrogens with one attached hydrogen (secondary N) is 3. The largest absolute Gasteiger partial charge is 0.492 e. The van der Waals surface area contributed by atoms with Crippen LogP contribution < -0.4 is 20.1 Å². The Morgan fingerprint density at radius 3 is 2.62 bits per heavy atom. The maximum Gasteiger partial charge on any atom is 0.211 e. The highest BCUT2D eigenvalue weighted by atomic mass is 35.5. The zero-order valence-corrected chi connectivity index (χ0v) is 21.5. The number of rotatable bonds is 12. The van der Waals surface area contributed by atoms with E-state index in [0.717, 1.165) is 23.7 Å². The summed E-state index contributed by atoms with van der Waals surface area (Å²) in [7, 11) is -3.15. The van der Waals surface area contributed by atoms with Crippen LogP contribution in [-0.2, 0) is 21.9 Å². The molecule has 2 aliphatic rings. The highest BCUT2D eigenvalue weighted by molar-refractivity contribution is 7.89. The maximum atomic E-state index is 11.7. The van der Waals surface area contributed by atoms with Gasteiger partial charge in [-0.1, -0.05) is 43.1 Å². The smallest absolute Gasteiger partial charge is 0.211 e. The Morgan fingerprint density at radius 2 is 1.91 bits per heavy atom. The van der Waals surface area contributed by atoms with Gasteiger partial charge in [-0.15, -0.1) is 0 Å². The SMILES string of the molecule is CCCS(=O)(=O)NCCNCCOc1ccc2c(c1)C(C1(c3ccc(Cl)cc3)CCC1)NCC2. The monoisotopic (exact) mass is 505 g/mol. The molecule has 1 saturated carbocycles. The Kier molecular flexibility index (Phi) is 8.53. The van der Waals surface area contributed by atoms with Crippen molar-refractivity contribution in [1.82, 2.24) is 15.4 Å². The quantitative estimate of drug-likeness (QED) is 0.381. The van der Waals surface area contributed by atoms with Crippen LogP contribution in [0.15, 0.2) is 42.5 Å². The van der Waals surface area contributed by atoms with Crippen LogP contribution in [0.1, 0.15) is 55.3 Å². The van der Waals surface area contributed by atoms with E-state index in [1.807, 2.05) is 19.1 Å². The molecule has 6 nitrogen and oxygen atoms in total. The summed E-state index contributed by atoms with van der Waals surface area (Å²) in [5.74, 6) is 1.05. The first kappa shape index (κ1) is 25.5. The molecular weight excluding hydrogens is 470 g/mol. The van der Waals surface area contributed by atoms with Crippen molar-refractivity contribution >= 4 is 21.6 Å². The molecule has 0 radical (unpaired) electrons. The fourth-order valence-electron chi connectivity index (χ4n) is 5.20. The topological polar surface area (TPSA) is 79.5 Å². The Labute approximate surface area is 208 Å². The first-order chi connectivity index (χ1) is 16.4. The highest BCUT2D eigenvalue weighted by Gasteiger charge is 2.47. The van der Waals surface area contributed by atoms with E-state index in [1.165, 1.54) is 36.0 Å². The Balaban J connectivity index is 1.35. The van der Waals surface area contributed by atoms with Crippen molar-refractivity contribution in [3.63, 3.8) is 0 Å². The second-order valence-electron chi connectivity index (χ2n) is 9.33. The van der Waals surface area contributed by atoms with Crippen LogP contribution in [0.25, 0.3) is 0 Å². The van der Waals surface area contributed by atoms with Gasteiger partial charge in [-0.25, -0.2) is 13.1 Å². The van der Waals surface area contributed by atoms with Gasteiger partial charge in [-0.05, 0) is 73.2 Å². The molecule has 0 saturated heterocycles.